The van der Waals surface area contributed by atoms with Gasteiger partial charge in [0, 0.05) is 30.4 Å². The van der Waals surface area contributed by atoms with Crippen LogP contribution in [0.4, 0.5) is 5.69 Å². The number of anilines is 1. The normalized spacial score (nSPS) is 13.5. The fourth-order valence-electron chi connectivity index (χ4n) is 2.42. The molecule has 1 aromatic carbocycles. The minimum atomic E-state index is 0. The molecule has 3 N–H and O–H groups in total. The van der Waals surface area contributed by atoms with Gasteiger partial charge in [-0.15, -0.1) is 24.0 Å². The highest BCUT2D eigenvalue weighted by Crippen LogP contribution is 2.32. The van der Waals surface area contributed by atoms with Crippen LogP contribution in [0, 0.1) is 0 Å². The summed E-state index contributed by atoms with van der Waals surface area (Å²) in [6.07, 6.45) is 2.71. The van der Waals surface area contributed by atoms with Gasteiger partial charge in [0.2, 0.25) is 5.88 Å². The molecule has 8 heteroatoms. The SMILES string of the molecule is CC(C)Oc1ccc(CN=C(N)Nc2ccc3c(c2)OCCCO3)cn1.I. The first-order valence-corrected chi connectivity index (χ1v) is 8.68. The predicted molar refractivity (Wildman–Crippen MR) is 116 cm³/mol. The number of hydrogen-bond donors (Lipinski definition) is 2. The van der Waals surface area contributed by atoms with E-state index in [1.54, 1.807) is 6.20 Å². The summed E-state index contributed by atoms with van der Waals surface area (Å²) in [7, 11) is 0. The second kappa shape index (κ2) is 10.2. The maximum absolute atomic E-state index is 5.98. The number of benzene rings is 1. The monoisotopic (exact) mass is 484 g/mol. The summed E-state index contributed by atoms with van der Waals surface area (Å²) in [5.74, 6) is 2.39. The number of fused-ring (bicyclic) bond motifs is 1. The topological polar surface area (TPSA) is 91.0 Å². The minimum Gasteiger partial charge on any atom is -0.490 e. The van der Waals surface area contributed by atoms with Crippen molar-refractivity contribution in [3.8, 4) is 17.4 Å². The number of nitrogens with one attached hydrogen (secondary N) is 1. The average molecular weight is 484 g/mol. The molecule has 0 saturated carbocycles. The molecule has 0 spiro atoms. The molecular weight excluding hydrogens is 459 g/mol. The van der Waals surface area contributed by atoms with E-state index in [1.807, 2.05) is 44.2 Å². The van der Waals surface area contributed by atoms with E-state index in [-0.39, 0.29) is 30.1 Å². The van der Waals surface area contributed by atoms with E-state index in [4.69, 9.17) is 19.9 Å². The number of nitrogens with two attached hydrogens (primary N) is 1. The molecule has 0 fully saturated rings. The van der Waals surface area contributed by atoms with Crippen molar-refractivity contribution in [1.29, 1.82) is 0 Å². The summed E-state index contributed by atoms with van der Waals surface area (Å²) in [6.45, 7) is 5.66. The largest absolute Gasteiger partial charge is 0.490 e. The Labute approximate surface area is 176 Å². The average Bonchev–Trinajstić information content (AvgIpc) is 2.85. The van der Waals surface area contributed by atoms with Crippen LogP contribution in [-0.4, -0.2) is 30.3 Å². The van der Waals surface area contributed by atoms with Crippen molar-refractivity contribution >= 4 is 35.6 Å². The number of ether oxygens (including phenoxy) is 3. The van der Waals surface area contributed by atoms with Crippen LogP contribution in [0.25, 0.3) is 0 Å². The van der Waals surface area contributed by atoms with Crippen LogP contribution in [0.3, 0.4) is 0 Å². The molecule has 0 unspecified atom stereocenters. The standard InChI is InChI=1S/C19H24N4O3.HI/c1-13(2)26-18-7-4-14(11-21-18)12-22-19(20)23-15-5-6-16-17(10-15)25-9-3-8-24-16;/h4-7,10-11,13H,3,8-9,12H2,1-2H3,(H3,20,22,23);1H. The van der Waals surface area contributed by atoms with Gasteiger partial charge in [0.05, 0.1) is 25.9 Å². The Hall–Kier alpha value is -2.23. The summed E-state index contributed by atoms with van der Waals surface area (Å²) in [4.78, 5) is 8.60. The van der Waals surface area contributed by atoms with E-state index in [2.05, 4.69) is 15.3 Å². The van der Waals surface area contributed by atoms with Crippen LogP contribution in [0.15, 0.2) is 41.5 Å². The number of aliphatic imine (C=N–C) groups is 1. The molecule has 0 saturated heterocycles. The van der Waals surface area contributed by atoms with Crippen molar-refractivity contribution in [1.82, 2.24) is 4.98 Å². The second-order valence-electron chi connectivity index (χ2n) is 6.21. The van der Waals surface area contributed by atoms with E-state index in [0.717, 1.165) is 23.4 Å². The highest BCUT2D eigenvalue weighted by molar-refractivity contribution is 14.0. The molecule has 1 aliphatic heterocycles. The Morgan fingerprint density at radius 2 is 2.00 bits per heavy atom. The zero-order valence-corrected chi connectivity index (χ0v) is 17.8. The number of hydrogen-bond acceptors (Lipinski definition) is 5. The fourth-order valence-corrected chi connectivity index (χ4v) is 2.42. The van der Waals surface area contributed by atoms with Crippen molar-refractivity contribution in [2.75, 3.05) is 18.5 Å². The molecule has 1 aliphatic rings. The van der Waals surface area contributed by atoms with Crippen LogP contribution in [0.1, 0.15) is 25.8 Å². The Morgan fingerprint density at radius 3 is 2.70 bits per heavy atom. The maximum atomic E-state index is 5.98. The van der Waals surface area contributed by atoms with Crippen LogP contribution < -0.4 is 25.3 Å². The first-order valence-electron chi connectivity index (χ1n) is 8.68. The molecule has 0 atom stereocenters. The molecule has 0 aliphatic carbocycles. The van der Waals surface area contributed by atoms with Crippen molar-refractivity contribution in [3.63, 3.8) is 0 Å². The highest BCUT2D eigenvalue weighted by Gasteiger charge is 2.10. The van der Waals surface area contributed by atoms with E-state index in [0.29, 0.717) is 37.3 Å². The van der Waals surface area contributed by atoms with Gasteiger partial charge in [-0.1, -0.05) is 6.07 Å². The van der Waals surface area contributed by atoms with Gasteiger partial charge in [0.15, 0.2) is 17.5 Å². The molecular formula is C19H25IN4O3. The lowest BCUT2D eigenvalue weighted by molar-refractivity contribution is 0.232. The number of rotatable bonds is 5. The van der Waals surface area contributed by atoms with E-state index in [1.165, 1.54) is 0 Å². The van der Waals surface area contributed by atoms with Crippen molar-refractivity contribution in [3.05, 3.63) is 42.1 Å². The predicted octanol–water partition coefficient (Wildman–Crippen LogP) is 3.57. The Bertz CT molecular complexity index is 766. The summed E-state index contributed by atoms with van der Waals surface area (Å²) in [6, 6.07) is 9.37. The summed E-state index contributed by atoms with van der Waals surface area (Å²) < 4.78 is 16.8. The van der Waals surface area contributed by atoms with Gasteiger partial charge >= 0.3 is 0 Å². The molecule has 146 valence electrons. The first kappa shape index (κ1) is 21.1. The molecule has 27 heavy (non-hydrogen) atoms. The second-order valence-corrected chi connectivity index (χ2v) is 6.21. The Kier molecular flexibility index (Phi) is 7.96. The van der Waals surface area contributed by atoms with Gasteiger partial charge in [0.25, 0.3) is 0 Å². The van der Waals surface area contributed by atoms with Crippen LogP contribution in [0.2, 0.25) is 0 Å². The quantitative estimate of drug-likeness (QED) is 0.383. The third-order valence-electron chi connectivity index (χ3n) is 3.61. The molecule has 1 aromatic heterocycles. The third kappa shape index (κ3) is 6.46. The van der Waals surface area contributed by atoms with Crippen molar-refractivity contribution < 1.29 is 14.2 Å². The van der Waals surface area contributed by atoms with Crippen molar-refractivity contribution in [2.45, 2.75) is 32.9 Å². The van der Waals surface area contributed by atoms with Gasteiger partial charge in [-0.3, -0.25) is 0 Å². The van der Waals surface area contributed by atoms with Gasteiger partial charge in [-0.2, -0.15) is 0 Å². The third-order valence-corrected chi connectivity index (χ3v) is 3.61. The first-order chi connectivity index (χ1) is 12.6. The van der Waals surface area contributed by atoms with Crippen LogP contribution in [-0.2, 0) is 6.54 Å². The lowest BCUT2D eigenvalue weighted by atomic mass is 10.2. The number of nitrogens with zero attached hydrogens (tertiary/aromatic N) is 2. The number of aromatic nitrogens is 1. The van der Waals surface area contributed by atoms with Gasteiger partial charge < -0.3 is 25.3 Å². The molecule has 0 radical (unpaired) electrons. The van der Waals surface area contributed by atoms with Gasteiger partial charge in [0.1, 0.15) is 0 Å². The lowest BCUT2D eigenvalue weighted by Gasteiger charge is -2.11. The summed E-state index contributed by atoms with van der Waals surface area (Å²) >= 11 is 0. The van der Waals surface area contributed by atoms with Gasteiger partial charge in [-0.25, -0.2) is 9.98 Å². The lowest BCUT2D eigenvalue weighted by Crippen LogP contribution is -2.22. The molecule has 2 aromatic rings. The maximum Gasteiger partial charge on any atom is 0.213 e. The molecule has 0 amide bonds. The number of pyridine rings is 1. The van der Waals surface area contributed by atoms with Crippen molar-refractivity contribution in [2.24, 2.45) is 10.7 Å². The zero-order chi connectivity index (χ0) is 18.4. The Balaban J connectivity index is 0.00000261. The number of guanidine groups is 1. The fraction of sp³-hybridized carbons (Fsp3) is 0.368. The molecule has 3 rings (SSSR count). The Morgan fingerprint density at radius 1 is 1.22 bits per heavy atom. The molecule has 7 nitrogen and oxygen atoms in total. The van der Waals surface area contributed by atoms with E-state index < -0.39 is 0 Å². The van der Waals surface area contributed by atoms with E-state index >= 15 is 0 Å². The minimum absolute atomic E-state index is 0. The summed E-state index contributed by atoms with van der Waals surface area (Å²) in [5, 5.41) is 3.07. The van der Waals surface area contributed by atoms with Crippen LogP contribution >= 0.6 is 24.0 Å². The molecule has 0 bridgehead atoms. The smallest absolute Gasteiger partial charge is 0.213 e. The van der Waals surface area contributed by atoms with Crippen LogP contribution in [0.5, 0.6) is 17.4 Å². The summed E-state index contributed by atoms with van der Waals surface area (Å²) in [5.41, 5.74) is 7.73. The van der Waals surface area contributed by atoms with Gasteiger partial charge in [-0.05, 0) is 31.5 Å². The zero-order valence-electron chi connectivity index (χ0n) is 15.5. The highest BCUT2D eigenvalue weighted by atomic mass is 127. The molecule has 2 heterocycles. The number of halogens is 1. The van der Waals surface area contributed by atoms with E-state index in [9.17, 15) is 0 Å².